The van der Waals surface area contributed by atoms with Crippen molar-refractivity contribution in [2.24, 2.45) is 9.98 Å². The number of nitrogens with one attached hydrogen (secondary N) is 1. The van der Waals surface area contributed by atoms with E-state index in [4.69, 9.17) is 9.98 Å². The van der Waals surface area contributed by atoms with E-state index < -0.39 is 11.6 Å². The number of nitrogens with zero attached hydrogens (tertiary/aromatic N) is 2. The zero-order chi connectivity index (χ0) is 34.9. The van der Waals surface area contributed by atoms with Gasteiger partial charge in [-0.15, -0.1) is 0 Å². The minimum atomic E-state index is -0.539. The molecule has 0 unspecified atom stereocenters. The second kappa shape index (κ2) is 11.6. The van der Waals surface area contributed by atoms with Crippen molar-refractivity contribution < 1.29 is 0 Å². The molecular weight excluding hydrogens is 643 g/mol. The van der Waals surface area contributed by atoms with Gasteiger partial charge in [-0.05, 0) is 84.1 Å². The number of benzene rings is 8. The van der Waals surface area contributed by atoms with Gasteiger partial charge in [0.1, 0.15) is 11.7 Å². The van der Waals surface area contributed by atoms with Crippen molar-refractivity contribution in [3.05, 3.63) is 227 Å². The quantitative estimate of drug-likeness (QED) is 0.198. The lowest BCUT2D eigenvalue weighted by molar-refractivity contribution is 0.745. The summed E-state index contributed by atoms with van der Waals surface area (Å²) in [6.45, 7) is 0. The Morgan fingerprint density at radius 2 is 0.943 bits per heavy atom. The number of amidine groups is 2. The van der Waals surface area contributed by atoms with Gasteiger partial charge < -0.3 is 5.32 Å². The molecule has 0 bridgehead atoms. The Labute approximate surface area is 308 Å². The molecule has 0 saturated carbocycles. The highest BCUT2D eigenvalue weighted by atomic mass is 15.2. The third-order valence-electron chi connectivity index (χ3n) is 11.3. The molecule has 248 valence electrons. The second-order valence-corrected chi connectivity index (χ2v) is 14.1. The topological polar surface area (TPSA) is 36.8 Å². The Hall–Kier alpha value is -6.84. The van der Waals surface area contributed by atoms with Crippen LogP contribution in [0.15, 0.2) is 198 Å². The summed E-state index contributed by atoms with van der Waals surface area (Å²) in [5, 5.41) is 6.09. The van der Waals surface area contributed by atoms with Crippen LogP contribution in [0.2, 0.25) is 0 Å². The molecule has 3 aliphatic rings. The van der Waals surface area contributed by atoms with Crippen LogP contribution in [0, 0.1) is 0 Å². The lowest BCUT2D eigenvalue weighted by atomic mass is 9.69. The number of aliphatic imine (C=N–C) groups is 2. The zero-order valence-corrected chi connectivity index (χ0v) is 28.9. The van der Waals surface area contributed by atoms with E-state index in [1.54, 1.807) is 0 Å². The summed E-state index contributed by atoms with van der Waals surface area (Å²) in [6.07, 6.45) is -0.440. The van der Waals surface area contributed by atoms with Crippen molar-refractivity contribution >= 4 is 22.4 Å². The van der Waals surface area contributed by atoms with E-state index in [1.165, 1.54) is 66.4 Å². The normalized spacial score (nSPS) is 14.9. The fraction of sp³-hybridized carbons (Fsp3) is 0.0400. The van der Waals surface area contributed by atoms with Crippen LogP contribution in [0.5, 0.6) is 0 Å². The number of hydrogen-bond acceptors (Lipinski definition) is 3. The van der Waals surface area contributed by atoms with Crippen LogP contribution >= 0.6 is 0 Å². The Morgan fingerprint density at radius 3 is 1.57 bits per heavy atom. The van der Waals surface area contributed by atoms with Gasteiger partial charge >= 0.3 is 0 Å². The predicted molar refractivity (Wildman–Crippen MR) is 218 cm³/mol. The van der Waals surface area contributed by atoms with Gasteiger partial charge in [0.25, 0.3) is 0 Å². The summed E-state index contributed by atoms with van der Waals surface area (Å²) in [5.74, 6) is 1.63. The van der Waals surface area contributed by atoms with Crippen LogP contribution in [0.1, 0.15) is 45.1 Å². The van der Waals surface area contributed by atoms with E-state index in [0.717, 1.165) is 28.4 Å². The highest BCUT2D eigenvalue weighted by Crippen LogP contribution is 2.65. The summed E-state index contributed by atoms with van der Waals surface area (Å²) in [4.78, 5) is 10.6. The standard InChI is InChI=1S/C50H33N3/c1-4-16-32(17-5-1)41-30-35-22-10-11-23-37(35)46-45(41)40-29-28-36(31-44(40)50(46)42-26-14-12-24-38(42)39-25-13-15-27-43(39)50)49-52-47(33-18-6-2-7-19-33)51-48(53-49)34-20-8-3-9-21-34/h1-31,49H,(H,51,52,53). The molecule has 1 spiro atoms. The molecule has 0 amide bonds. The van der Waals surface area contributed by atoms with Crippen LogP contribution in [-0.2, 0) is 5.41 Å². The lowest BCUT2D eigenvalue weighted by Crippen LogP contribution is -2.36. The molecule has 3 heteroatoms. The monoisotopic (exact) mass is 675 g/mol. The first kappa shape index (κ1) is 29.8. The Kier molecular flexibility index (Phi) is 6.53. The molecule has 11 rings (SSSR count). The van der Waals surface area contributed by atoms with E-state index in [0.29, 0.717) is 0 Å². The smallest absolute Gasteiger partial charge is 0.169 e. The molecule has 0 saturated heterocycles. The number of rotatable bonds is 4. The minimum absolute atomic E-state index is 0.440. The SMILES string of the molecule is c1ccc(C2=NC(c3ccc4c(c3)C3(c5ccccc5-c5ccccc53)c3c-4c(-c4ccccc4)cc4ccccc34)N=C(c3ccccc3)N2)cc1. The molecule has 3 nitrogen and oxygen atoms in total. The maximum absolute atomic E-state index is 5.31. The third kappa shape index (κ3) is 4.34. The Bertz CT molecular complexity index is 2700. The van der Waals surface area contributed by atoms with Crippen molar-refractivity contribution in [3.8, 4) is 33.4 Å². The molecule has 8 aromatic carbocycles. The van der Waals surface area contributed by atoms with Crippen LogP contribution < -0.4 is 5.32 Å². The van der Waals surface area contributed by atoms with Gasteiger partial charge in [0, 0.05) is 11.1 Å². The summed E-state index contributed by atoms with van der Waals surface area (Å²) in [7, 11) is 0. The molecule has 53 heavy (non-hydrogen) atoms. The molecule has 0 atom stereocenters. The molecule has 8 aromatic rings. The van der Waals surface area contributed by atoms with Gasteiger partial charge in [0.15, 0.2) is 6.17 Å². The number of hydrogen-bond donors (Lipinski definition) is 1. The van der Waals surface area contributed by atoms with Gasteiger partial charge in [-0.2, -0.15) is 0 Å². The molecule has 2 aliphatic carbocycles. The van der Waals surface area contributed by atoms with Gasteiger partial charge in [-0.3, -0.25) is 0 Å². The summed E-state index contributed by atoms with van der Waals surface area (Å²) in [6, 6.07) is 68.0. The van der Waals surface area contributed by atoms with Crippen LogP contribution in [-0.4, -0.2) is 11.7 Å². The fourth-order valence-electron chi connectivity index (χ4n) is 9.13. The third-order valence-corrected chi connectivity index (χ3v) is 11.3. The highest BCUT2D eigenvalue weighted by Gasteiger charge is 2.53. The maximum Gasteiger partial charge on any atom is 0.169 e. The van der Waals surface area contributed by atoms with Crippen LogP contribution in [0.3, 0.4) is 0 Å². The Morgan fingerprint density at radius 1 is 0.415 bits per heavy atom. The molecular formula is C50H33N3. The molecule has 0 radical (unpaired) electrons. The van der Waals surface area contributed by atoms with E-state index in [1.807, 2.05) is 12.1 Å². The first-order valence-electron chi connectivity index (χ1n) is 18.3. The van der Waals surface area contributed by atoms with E-state index in [9.17, 15) is 0 Å². The summed E-state index contributed by atoms with van der Waals surface area (Å²) < 4.78 is 0. The highest BCUT2D eigenvalue weighted by molar-refractivity contribution is 6.16. The second-order valence-electron chi connectivity index (χ2n) is 14.1. The molecule has 0 aromatic heterocycles. The van der Waals surface area contributed by atoms with E-state index >= 15 is 0 Å². The van der Waals surface area contributed by atoms with Crippen LogP contribution in [0.4, 0.5) is 0 Å². The van der Waals surface area contributed by atoms with Crippen molar-refractivity contribution in [3.63, 3.8) is 0 Å². The van der Waals surface area contributed by atoms with Crippen molar-refractivity contribution in [1.82, 2.24) is 5.32 Å². The largest absolute Gasteiger partial charge is 0.324 e. The molecule has 1 heterocycles. The number of fused-ring (bicyclic) bond motifs is 12. The zero-order valence-electron chi connectivity index (χ0n) is 28.9. The van der Waals surface area contributed by atoms with E-state index in [-0.39, 0.29) is 0 Å². The average Bonchev–Trinajstić information content (AvgIpc) is 3.72. The average molecular weight is 676 g/mol. The first-order valence-corrected chi connectivity index (χ1v) is 18.3. The molecule has 1 N–H and O–H groups in total. The molecule has 1 aliphatic heterocycles. The van der Waals surface area contributed by atoms with Crippen molar-refractivity contribution in [1.29, 1.82) is 0 Å². The summed E-state index contributed by atoms with van der Waals surface area (Å²) >= 11 is 0. The van der Waals surface area contributed by atoms with Gasteiger partial charge in [-0.25, -0.2) is 9.98 Å². The van der Waals surface area contributed by atoms with Gasteiger partial charge in [0.2, 0.25) is 0 Å². The van der Waals surface area contributed by atoms with Crippen molar-refractivity contribution in [2.75, 3.05) is 0 Å². The fourth-order valence-corrected chi connectivity index (χ4v) is 9.13. The summed E-state index contributed by atoms with van der Waals surface area (Å²) in [5.41, 5.74) is 15.5. The van der Waals surface area contributed by atoms with Gasteiger partial charge in [0.05, 0.1) is 5.41 Å². The first-order chi connectivity index (χ1) is 26.3. The van der Waals surface area contributed by atoms with Crippen molar-refractivity contribution in [2.45, 2.75) is 11.6 Å². The minimum Gasteiger partial charge on any atom is -0.324 e. The lowest BCUT2D eigenvalue weighted by Gasteiger charge is -2.32. The van der Waals surface area contributed by atoms with Crippen LogP contribution in [0.25, 0.3) is 44.2 Å². The molecule has 0 fully saturated rings. The van der Waals surface area contributed by atoms with Gasteiger partial charge in [-0.1, -0.05) is 176 Å². The van der Waals surface area contributed by atoms with E-state index in [2.05, 4.69) is 181 Å². The predicted octanol–water partition coefficient (Wildman–Crippen LogP) is 11.3. The maximum atomic E-state index is 5.31. The Balaban J connectivity index is 1.24.